The van der Waals surface area contributed by atoms with Crippen LogP contribution in [0.2, 0.25) is 0 Å². The van der Waals surface area contributed by atoms with E-state index < -0.39 is 0 Å². The minimum Gasteiger partial charge on any atom is -0.392 e. The van der Waals surface area contributed by atoms with Gasteiger partial charge >= 0.3 is 0 Å². The van der Waals surface area contributed by atoms with Crippen LogP contribution in [0.25, 0.3) is 0 Å². The number of rotatable bonds is 3. The molecule has 0 aromatic heterocycles. The molecule has 4 aliphatic rings. The van der Waals surface area contributed by atoms with Crippen molar-refractivity contribution in [1.29, 1.82) is 0 Å². The van der Waals surface area contributed by atoms with Gasteiger partial charge in [0.2, 0.25) is 0 Å². The molecule has 0 amide bonds. The fraction of sp³-hybridized carbons (Fsp3) is 0.684. The van der Waals surface area contributed by atoms with Crippen LogP contribution in [0, 0.1) is 22.7 Å². The van der Waals surface area contributed by atoms with E-state index in [1.54, 1.807) is 0 Å². The molecule has 1 nitrogen and oxygen atoms in total. The second-order valence-corrected chi connectivity index (χ2v) is 9.40. The summed E-state index contributed by atoms with van der Waals surface area (Å²) in [5, 5.41) is 11.1. The van der Waals surface area contributed by atoms with E-state index in [-0.39, 0.29) is 11.5 Å². The third kappa shape index (κ3) is 2.49. The molecule has 0 spiro atoms. The number of benzene rings is 1. The maximum absolute atomic E-state index is 11.1. The van der Waals surface area contributed by atoms with Crippen molar-refractivity contribution in [3.63, 3.8) is 0 Å². The predicted molar refractivity (Wildman–Crippen MR) is 89.1 cm³/mol. The van der Waals surface area contributed by atoms with Crippen LogP contribution < -0.4 is 0 Å². The molecule has 1 N–H and O–H groups in total. The molecule has 114 valence electrons. The van der Waals surface area contributed by atoms with Crippen molar-refractivity contribution in [3.05, 3.63) is 34.3 Å². The van der Waals surface area contributed by atoms with E-state index in [9.17, 15) is 5.11 Å². The maximum Gasteiger partial charge on any atom is 0.0637 e. The summed E-state index contributed by atoms with van der Waals surface area (Å²) in [6.45, 7) is 2.48. The van der Waals surface area contributed by atoms with Crippen LogP contribution in [0.5, 0.6) is 0 Å². The third-order valence-corrected chi connectivity index (χ3v) is 6.92. The van der Waals surface area contributed by atoms with Crippen molar-refractivity contribution in [2.24, 2.45) is 22.7 Å². The lowest BCUT2D eigenvalue weighted by Crippen LogP contribution is -2.55. The minimum absolute atomic E-state index is 0.169. The Morgan fingerprint density at radius 2 is 1.95 bits per heavy atom. The number of aliphatic hydroxyl groups is 1. The molecule has 3 unspecified atom stereocenters. The van der Waals surface area contributed by atoms with Gasteiger partial charge in [0.15, 0.2) is 0 Å². The van der Waals surface area contributed by atoms with E-state index in [2.05, 4.69) is 47.1 Å². The highest BCUT2D eigenvalue weighted by molar-refractivity contribution is 9.10. The molecule has 4 fully saturated rings. The van der Waals surface area contributed by atoms with E-state index in [4.69, 9.17) is 0 Å². The summed E-state index contributed by atoms with van der Waals surface area (Å²) in [6.07, 6.45) is 8.70. The first-order valence-corrected chi connectivity index (χ1v) is 9.18. The third-order valence-electron chi connectivity index (χ3n) is 6.42. The second kappa shape index (κ2) is 4.83. The van der Waals surface area contributed by atoms with Gasteiger partial charge in [-0.15, -0.1) is 0 Å². The lowest BCUT2D eigenvalue weighted by molar-refractivity contribution is -0.152. The van der Waals surface area contributed by atoms with Gasteiger partial charge in [-0.25, -0.2) is 0 Å². The van der Waals surface area contributed by atoms with Gasteiger partial charge in [0.05, 0.1) is 6.10 Å². The normalized spacial score (nSPS) is 42.2. The summed E-state index contributed by atoms with van der Waals surface area (Å²) in [5.41, 5.74) is 1.99. The van der Waals surface area contributed by atoms with Crippen LogP contribution in [0.15, 0.2) is 28.7 Å². The number of aliphatic hydroxyl groups excluding tert-OH is 1. The number of hydrogen-bond acceptors (Lipinski definition) is 1. The molecule has 0 radical (unpaired) electrons. The number of halogens is 1. The quantitative estimate of drug-likeness (QED) is 0.818. The van der Waals surface area contributed by atoms with E-state index in [1.165, 1.54) is 44.1 Å². The molecule has 21 heavy (non-hydrogen) atoms. The van der Waals surface area contributed by atoms with Crippen LogP contribution in [0.3, 0.4) is 0 Å². The summed E-state index contributed by atoms with van der Waals surface area (Å²) < 4.78 is 1.12. The average molecular weight is 349 g/mol. The van der Waals surface area contributed by atoms with Gasteiger partial charge in [0.25, 0.3) is 0 Å². The lowest BCUT2D eigenvalue weighted by Gasteiger charge is -2.62. The monoisotopic (exact) mass is 348 g/mol. The van der Waals surface area contributed by atoms with Crippen LogP contribution in [-0.2, 0) is 6.42 Å². The smallest absolute Gasteiger partial charge is 0.0637 e. The minimum atomic E-state index is -0.169. The average Bonchev–Trinajstić information content (AvgIpc) is 2.35. The highest BCUT2D eigenvalue weighted by atomic mass is 79.9. The highest BCUT2D eigenvalue weighted by Gasteiger charge is 2.57. The van der Waals surface area contributed by atoms with Crippen molar-refractivity contribution < 1.29 is 5.11 Å². The molecule has 1 aromatic rings. The molecule has 0 saturated heterocycles. The van der Waals surface area contributed by atoms with E-state index in [0.29, 0.717) is 5.41 Å². The van der Waals surface area contributed by atoms with Crippen LogP contribution in [0.1, 0.15) is 51.0 Å². The first-order chi connectivity index (χ1) is 9.96. The van der Waals surface area contributed by atoms with Crippen LogP contribution in [0.4, 0.5) is 0 Å². The van der Waals surface area contributed by atoms with Crippen LogP contribution >= 0.6 is 15.9 Å². The standard InChI is InChI=1S/C19H25BrO/c1-18-8-14-5-15(9-18)11-19(10-14,12-18)17(21)7-13-3-2-4-16(20)6-13/h2-4,6,14-15,17,21H,5,7-12H2,1H3. The van der Waals surface area contributed by atoms with Crippen LogP contribution in [-0.4, -0.2) is 11.2 Å². The van der Waals surface area contributed by atoms with Crippen molar-refractivity contribution in [2.45, 2.75) is 58.0 Å². The predicted octanol–water partition coefficient (Wildman–Crippen LogP) is 4.96. The van der Waals surface area contributed by atoms with Crippen molar-refractivity contribution in [2.75, 3.05) is 0 Å². The molecule has 0 aliphatic heterocycles. The molecule has 1 aromatic carbocycles. The zero-order chi connectivity index (χ0) is 14.7. The Labute approximate surface area is 136 Å². The number of hydrogen-bond donors (Lipinski definition) is 1. The Morgan fingerprint density at radius 1 is 1.24 bits per heavy atom. The molecule has 0 heterocycles. The first-order valence-electron chi connectivity index (χ1n) is 8.39. The Balaban J connectivity index is 1.57. The molecule has 4 aliphatic carbocycles. The van der Waals surface area contributed by atoms with E-state index >= 15 is 0 Å². The Bertz CT molecular complexity index is 538. The topological polar surface area (TPSA) is 20.2 Å². The van der Waals surface area contributed by atoms with E-state index in [0.717, 1.165) is 22.7 Å². The maximum atomic E-state index is 11.1. The summed E-state index contributed by atoms with van der Waals surface area (Å²) in [4.78, 5) is 0. The fourth-order valence-electron chi connectivity index (χ4n) is 6.29. The van der Waals surface area contributed by atoms with Crippen molar-refractivity contribution in [1.82, 2.24) is 0 Å². The zero-order valence-electron chi connectivity index (χ0n) is 12.8. The summed E-state index contributed by atoms with van der Waals surface area (Å²) in [7, 11) is 0. The molecule has 4 bridgehead atoms. The summed E-state index contributed by atoms with van der Waals surface area (Å²) in [5.74, 6) is 1.77. The zero-order valence-corrected chi connectivity index (χ0v) is 14.4. The van der Waals surface area contributed by atoms with Gasteiger partial charge in [-0.2, -0.15) is 0 Å². The largest absolute Gasteiger partial charge is 0.392 e. The lowest BCUT2D eigenvalue weighted by atomic mass is 9.43. The molecular weight excluding hydrogens is 324 g/mol. The highest BCUT2D eigenvalue weighted by Crippen LogP contribution is 2.66. The Kier molecular flexibility index (Phi) is 3.28. The Morgan fingerprint density at radius 3 is 2.57 bits per heavy atom. The van der Waals surface area contributed by atoms with E-state index in [1.807, 2.05) is 0 Å². The SMILES string of the molecule is CC12CC3CC(C1)CC(C(O)Cc1cccc(Br)c1)(C3)C2. The van der Waals surface area contributed by atoms with Crippen molar-refractivity contribution in [3.8, 4) is 0 Å². The first kappa shape index (κ1) is 14.3. The summed E-state index contributed by atoms with van der Waals surface area (Å²) >= 11 is 3.54. The molecule has 3 atom stereocenters. The molecular formula is C19H25BrO. The van der Waals surface area contributed by atoms with Gasteiger partial charge in [-0.05, 0) is 85.3 Å². The Hall–Kier alpha value is -0.340. The molecule has 4 saturated carbocycles. The second-order valence-electron chi connectivity index (χ2n) is 8.48. The van der Waals surface area contributed by atoms with Crippen molar-refractivity contribution >= 4 is 15.9 Å². The van der Waals surface area contributed by atoms with Gasteiger partial charge in [-0.1, -0.05) is 35.0 Å². The molecule has 2 heteroatoms. The van der Waals surface area contributed by atoms with Gasteiger partial charge in [0, 0.05) is 4.47 Å². The summed E-state index contributed by atoms with van der Waals surface area (Å²) in [6, 6.07) is 8.44. The van der Waals surface area contributed by atoms with Gasteiger partial charge in [0.1, 0.15) is 0 Å². The fourth-order valence-corrected chi connectivity index (χ4v) is 6.74. The molecule has 5 rings (SSSR count). The van der Waals surface area contributed by atoms with Gasteiger partial charge in [-0.3, -0.25) is 0 Å². The van der Waals surface area contributed by atoms with Gasteiger partial charge < -0.3 is 5.11 Å².